The lowest BCUT2D eigenvalue weighted by atomic mass is 10.1. The zero-order valence-corrected chi connectivity index (χ0v) is 12.4. The van der Waals surface area contributed by atoms with E-state index in [0.29, 0.717) is 13.1 Å². The highest BCUT2D eigenvalue weighted by Gasteiger charge is 2.23. The Balaban J connectivity index is 1.88. The largest absolute Gasteiger partial charge is 0.336 e. The number of carbonyl (C=O) groups is 1. The monoisotopic (exact) mass is 270 g/mol. The Kier molecular flexibility index (Phi) is 5.20. The molecule has 106 valence electrons. The summed E-state index contributed by atoms with van der Waals surface area (Å²) in [5, 5.41) is 0. The van der Waals surface area contributed by atoms with Gasteiger partial charge in [0.15, 0.2) is 0 Å². The van der Waals surface area contributed by atoms with Crippen LogP contribution < -0.4 is 0 Å². The van der Waals surface area contributed by atoms with Gasteiger partial charge in [0.25, 0.3) is 0 Å². The Morgan fingerprint density at radius 3 is 2.80 bits per heavy atom. The molecule has 2 rings (SSSR count). The van der Waals surface area contributed by atoms with Crippen LogP contribution in [0.1, 0.15) is 24.5 Å². The van der Waals surface area contributed by atoms with Crippen LogP contribution in [-0.4, -0.2) is 41.9 Å². The first-order valence-electron chi connectivity index (χ1n) is 7.20. The first kappa shape index (κ1) is 14.6. The summed E-state index contributed by atoms with van der Waals surface area (Å²) in [6.07, 6.45) is 0.876. The summed E-state index contributed by atoms with van der Waals surface area (Å²) in [4.78, 5) is 16.2. The zero-order valence-electron chi connectivity index (χ0n) is 12.4. The quantitative estimate of drug-likeness (QED) is 0.785. The Bertz CT molecular complexity index is 527. The number of benzene rings is 1. The molecule has 0 N–H and O–H groups in total. The third-order valence-electron chi connectivity index (χ3n) is 3.46. The van der Waals surface area contributed by atoms with E-state index < -0.39 is 0 Å². The number of piperazine rings is 1. The number of hydrogen-bond acceptors (Lipinski definition) is 2. The van der Waals surface area contributed by atoms with Gasteiger partial charge in [-0.1, -0.05) is 42.7 Å². The number of hydrogen-bond donors (Lipinski definition) is 0. The zero-order chi connectivity index (χ0) is 14.4. The van der Waals surface area contributed by atoms with Gasteiger partial charge in [-0.25, -0.2) is 0 Å². The lowest BCUT2D eigenvalue weighted by Gasteiger charge is -2.33. The molecule has 1 amide bonds. The van der Waals surface area contributed by atoms with Crippen molar-refractivity contribution < 1.29 is 4.79 Å². The predicted octanol–water partition coefficient (Wildman–Crippen LogP) is 2.05. The SMILES string of the molecule is CCC#CCN1CCN(Cc2cccc(C)c2)C(=O)C1. The van der Waals surface area contributed by atoms with Crippen molar-refractivity contribution in [2.75, 3.05) is 26.2 Å². The van der Waals surface area contributed by atoms with Crippen molar-refractivity contribution in [3.8, 4) is 11.8 Å². The molecule has 1 aromatic rings. The summed E-state index contributed by atoms with van der Waals surface area (Å²) in [5.74, 6) is 6.36. The van der Waals surface area contributed by atoms with Crippen LogP contribution in [0.4, 0.5) is 0 Å². The summed E-state index contributed by atoms with van der Waals surface area (Å²) in [6, 6.07) is 8.35. The van der Waals surface area contributed by atoms with Crippen molar-refractivity contribution in [3.63, 3.8) is 0 Å². The number of amides is 1. The van der Waals surface area contributed by atoms with Crippen molar-refractivity contribution in [1.82, 2.24) is 9.80 Å². The second kappa shape index (κ2) is 7.12. The molecular formula is C17H22N2O. The van der Waals surface area contributed by atoms with E-state index in [2.05, 4.69) is 41.9 Å². The molecule has 1 aliphatic rings. The second-order valence-corrected chi connectivity index (χ2v) is 5.22. The first-order chi connectivity index (χ1) is 9.69. The fourth-order valence-electron chi connectivity index (χ4n) is 2.38. The summed E-state index contributed by atoms with van der Waals surface area (Å²) < 4.78 is 0. The van der Waals surface area contributed by atoms with Crippen molar-refractivity contribution in [3.05, 3.63) is 35.4 Å². The van der Waals surface area contributed by atoms with Crippen LogP contribution in [0.15, 0.2) is 24.3 Å². The van der Waals surface area contributed by atoms with Crippen LogP contribution in [0.25, 0.3) is 0 Å². The smallest absolute Gasteiger partial charge is 0.237 e. The maximum absolute atomic E-state index is 12.2. The molecule has 0 spiro atoms. The number of rotatable bonds is 3. The molecule has 1 aromatic carbocycles. The van der Waals surface area contributed by atoms with Gasteiger partial charge in [0.1, 0.15) is 0 Å². The molecule has 0 atom stereocenters. The van der Waals surface area contributed by atoms with Gasteiger partial charge in [-0.15, -0.1) is 5.92 Å². The van der Waals surface area contributed by atoms with Crippen molar-refractivity contribution in [2.45, 2.75) is 26.8 Å². The summed E-state index contributed by atoms with van der Waals surface area (Å²) in [5.41, 5.74) is 2.45. The van der Waals surface area contributed by atoms with Gasteiger partial charge in [0.2, 0.25) is 5.91 Å². The van der Waals surface area contributed by atoms with E-state index in [9.17, 15) is 4.79 Å². The summed E-state index contributed by atoms with van der Waals surface area (Å²) >= 11 is 0. The fourth-order valence-corrected chi connectivity index (χ4v) is 2.38. The van der Waals surface area contributed by atoms with Gasteiger partial charge in [-0.2, -0.15) is 0 Å². The van der Waals surface area contributed by atoms with E-state index in [1.54, 1.807) is 0 Å². The highest BCUT2D eigenvalue weighted by atomic mass is 16.2. The molecule has 1 aliphatic heterocycles. The second-order valence-electron chi connectivity index (χ2n) is 5.22. The van der Waals surface area contributed by atoms with Crippen LogP contribution in [0.2, 0.25) is 0 Å². The predicted molar refractivity (Wildman–Crippen MR) is 81.1 cm³/mol. The fraction of sp³-hybridized carbons (Fsp3) is 0.471. The summed E-state index contributed by atoms with van der Waals surface area (Å²) in [7, 11) is 0. The third-order valence-corrected chi connectivity index (χ3v) is 3.46. The van der Waals surface area contributed by atoms with E-state index in [1.165, 1.54) is 11.1 Å². The Morgan fingerprint density at radius 2 is 2.10 bits per heavy atom. The highest BCUT2D eigenvalue weighted by Crippen LogP contribution is 2.11. The topological polar surface area (TPSA) is 23.6 Å². The number of nitrogens with zero attached hydrogens (tertiary/aromatic N) is 2. The van der Waals surface area contributed by atoms with Gasteiger partial charge >= 0.3 is 0 Å². The lowest BCUT2D eigenvalue weighted by Crippen LogP contribution is -2.49. The maximum Gasteiger partial charge on any atom is 0.237 e. The van der Waals surface area contributed by atoms with E-state index >= 15 is 0 Å². The van der Waals surface area contributed by atoms with E-state index in [0.717, 1.165) is 26.1 Å². The standard InChI is InChI=1S/C17H22N2O/c1-3-4-5-9-18-10-11-19(17(20)14-18)13-16-8-6-7-15(2)12-16/h6-8,12H,3,9-11,13-14H2,1-2H3. The molecule has 1 fully saturated rings. The average molecular weight is 270 g/mol. The molecule has 0 aliphatic carbocycles. The van der Waals surface area contributed by atoms with Gasteiger partial charge in [-0.05, 0) is 12.5 Å². The molecule has 3 heteroatoms. The van der Waals surface area contributed by atoms with Crippen LogP contribution in [0, 0.1) is 18.8 Å². The molecule has 0 aromatic heterocycles. The van der Waals surface area contributed by atoms with Crippen molar-refractivity contribution in [2.24, 2.45) is 0 Å². The van der Waals surface area contributed by atoms with Crippen molar-refractivity contribution in [1.29, 1.82) is 0 Å². The molecule has 1 saturated heterocycles. The lowest BCUT2D eigenvalue weighted by molar-refractivity contribution is -0.136. The van der Waals surface area contributed by atoms with E-state index in [-0.39, 0.29) is 5.91 Å². The van der Waals surface area contributed by atoms with Gasteiger partial charge in [0, 0.05) is 26.1 Å². The molecule has 0 saturated carbocycles. The minimum atomic E-state index is 0.205. The molecule has 0 unspecified atom stereocenters. The van der Waals surface area contributed by atoms with E-state index in [1.807, 2.05) is 17.9 Å². The van der Waals surface area contributed by atoms with Crippen LogP contribution in [0.5, 0.6) is 0 Å². The number of carbonyl (C=O) groups excluding carboxylic acids is 1. The Labute approximate surface area is 121 Å². The van der Waals surface area contributed by atoms with E-state index in [4.69, 9.17) is 0 Å². The third kappa shape index (κ3) is 4.11. The van der Waals surface area contributed by atoms with Gasteiger partial charge < -0.3 is 4.90 Å². The van der Waals surface area contributed by atoms with Crippen LogP contribution in [0.3, 0.4) is 0 Å². The first-order valence-corrected chi connectivity index (χ1v) is 7.20. The maximum atomic E-state index is 12.2. The van der Waals surface area contributed by atoms with Crippen LogP contribution >= 0.6 is 0 Å². The Morgan fingerprint density at radius 1 is 1.25 bits per heavy atom. The van der Waals surface area contributed by atoms with Gasteiger partial charge in [0.05, 0.1) is 13.1 Å². The Hall–Kier alpha value is -1.79. The van der Waals surface area contributed by atoms with Crippen molar-refractivity contribution >= 4 is 5.91 Å². The summed E-state index contributed by atoms with van der Waals surface area (Å²) in [6.45, 7) is 7.74. The number of aryl methyl sites for hydroxylation is 1. The molecule has 0 radical (unpaired) electrons. The molecule has 1 heterocycles. The normalized spacial score (nSPS) is 15.9. The molecule has 3 nitrogen and oxygen atoms in total. The minimum absolute atomic E-state index is 0.205. The molecule has 20 heavy (non-hydrogen) atoms. The molecular weight excluding hydrogens is 248 g/mol. The van der Waals surface area contributed by atoms with Crippen LogP contribution in [-0.2, 0) is 11.3 Å². The van der Waals surface area contributed by atoms with Gasteiger partial charge in [-0.3, -0.25) is 9.69 Å². The average Bonchev–Trinajstić information content (AvgIpc) is 2.42. The molecule has 0 bridgehead atoms. The minimum Gasteiger partial charge on any atom is -0.336 e. The highest BCUT2D eigenvalue weighted by molar-refractivity contribution is 5.79.